The summed E-state index contributed by atoms with van der Waals surface area (Å²) in [5.41, 5.74) is 1.14. The predicted octanol–water partition coefficient (Wildman–Crippen LogP) is 0.622. The second-order valence-corrected chi connectivity index (χ2v) is 3.53. The molecule has 0 saturated carbocycles. The molecule has 0 atom stereocenters. The molecule has 16 heavy (non-hydrogen) atoms. The largest absolute Gasteiger partial charge is 0.387 e. The van der Waals surface area contributed by atoms with Crippen LogP contribution in [0.15, 0.2) is 18.5 Å². The van der Waals surface area contributed by atoms with Gasteiger partial charge in [0.15, 0.2) is 0 Å². The zero-order valence-electron chi connectivity index (χ0n) is 8.34. The van der Waals surface area contributed by atoms with Crippen LogP contribution in [0.25, 0.3) is 0 Å². The topological polar surface area (TPSA) is 92.7 Å². The van der Waals surface area contributed by atoms with Crippen LogP contribution in [0.4, 0.5) is 10.8 Å². The van der Waals surface area contributed by atoms with Gasteiger partial charge in [-0.3, -0.25) is 15.1 Å². The molecule has 0 aliphatic carbocycles. The van der Waals surface area contributed by atoms with E-state index in [1.165, 1.54) is 6.20 Å². The summed E-state index contributed by atoms with van der Waals surface area (Å²) in [6, 6.07) is 1.72. The summed E-state index contributed by atoms with van der Waals surface area (Å²) in [7, 11) is 1.73. The van der Waals surface area contributed by atoms with Crippen molar-refractivity contribution in [2.45, 2.75) is 0 Å². The quantitative estimate of drug-likeness (QED) is 0.811. The van der Waals surface area contributed by atoms with Crippen molar-refractivity contribution in [3.05, 3.63) is 24.0 Å². The lowest BCUT2D eigenvalue weighted by atomic mass is 10.2. The van der Waals surface area contributed by atoms with E-state index in [2.05, 4.69) is 30.4 Å². The van der Waals surface area contributed by atoms with Crippen molar-refractivity contribution in [3.8, 4) is 0 Å². The van der Waals surface area contributed by atoms with Crippen LogP contribution in [0.1, 0.15) is 10.4 Å². The van der Waals surface area contributed by atoms with E-state index in [0.717, 1.165) is 11.5 Å². The highest BCUT2D eigenvalue weighted by molar-refractivity contribution is 7.09. The molecule has 0 aliphatic heterocycles. The predicted molar refractivity (Wildman–Crippen MR) is 59.4 cm³/mol. The number of aromatic nitrogens is 4. The third kappa shape index (κ3) is 2.11. The summed E-state index contributed by atoms with van der Waals surface area (Å²) in [5.74, 6) is -0.295. The maximum atomic E-state index is 11.8. The van der Waals surface area contributed by atoms with Crippen molar-refractivity contribution in [1.82, 2.24) is 19.8 Å². The van der Waals surface area contributed by atoms with Crippen molar-refractivity contribution in [2.75, 3.05) is 17.7 Å². The van der Waals surface area contributed by atoms with Crippen LogP contribution in [-0.2, 0) is 0 Å². The van der Waals surface area contributed by atoms with Gasteiger partial charge in [0, 0.05) is 36.7 Å². The fourth-order valence-electron chi connectivity index (χ4n) is 1.14. The Bertz CT molecular complexity index is 485. The summed E-state index contributed by atoms with van der Waals surface area (Å²) in [6.07, 6.45) is 3.09. The minimum Gasteiger partial charge on any atom is -0.387 e. The second-order valence-electron chi connectivity index (χ2n) is 2.79. The molecule has 82 valence electrons. The van der Waals surface area contributed by atoms with Crippen LogP contribution >= 0.6 is 11.5 Å². The molecule has 0 aromatic carbocycles. The normalized spacial score (nSPS) is 9.81. The van der Waals surface area contributed by atoms with E-state index in [1.54, 1.807) is 19.3 Å². The van der Waals surface area contributed by atoms with Crippen LogP contribution in [0.5, 0.6) is 0 Å². The van der Waals surface area contributed by atoms with Gasteiger partial charge in [-0.2, -0.15) is 0 Å². The number of nitrogens with one attached hydrogen (secondary N) is 2. The molecular weight excluding hydrogens is 228 g/mol. The summed E-state index contributed by atoms with van der Waals surface area (Å²) in [5, 5.41) is 12.8. The molecule has 2 N–H and O–H groups in total. The second kappa shape index (κ2) is 4.62. The van der Waals surface area contributed by atoms with Gasteiger partial charge in [0.05, 0.1) is 5.56 Å². The Morgan fingerprint density at radius 1 is 1.50 bits per heavy atom. The smallest absolute Gasteiger partial charge is 0.261 e. The minimum atomic E-state index is -0.295. The molecule has 2 aromatic heterocycles. The zero-order valence-corrected chi connectivity index (χ0v) is 9.15. The van der Waals surface area contributed by atoms with Crippen molar-refractivity contribution >= 4 is 28.3 Å². The fourth-order valence-corrected chi connectivity index (χ4v) is 1.50. The third-order valence-electron chi connectivity index (χ3n) is 1.85. The first-order chi connectivity index (χ1) is 7.81. The highest BCUT2D eigenvalue weighted by Crippen LogP contribution is 2.15. The molecule has 2 rings (SSSR count). The molecule has 7 nitrogen and oxygen atoms in total. The number of hydrogen-bond acceptors (Lipinski definition) is 7. The number of amides is 1. The molecular formula is C8H8N6OS. The van der Waals surface area contributed by atoms with E-state index in [9.17, 15) is 4.79 Å². The van der Waals surface area contributed by atoms with Gasteiger partial charge in [0.25, 0.3) is 5.91 Å². The lowest BCUT2D eigenvalue weighted by Gasteiger charge is -2.06. The van der Waals surface area contributed by atoms with Gasteiger partial charge >= 0.3 is 0 Å². The first kappa shape index (κ1) is 10.4. The van der Waals surface area contributed by atoms with E-state index < -0.39 is 0 Å². The highest BCUT2D eigenvalue weighted by atomic mass is 32.1. The Morgan fingerprint density at radius 2 is 2.38 bits per heavy atom. The number of hydrogen-bond donors (Lipinski definition) is 2. The molecule has 0 fully saturated rings. The van der Waals surface area contributed by atoms with E-state index >= 15 is 0 Å². The third-order valence-corrected chi connectivity index (χ3v) is 2.37. The van der Waals surface area contributed by atoms with E-state index in [0.29, 0.717) is 16.4 Å². The number of nitrogens with zero attached hydrogens (tertiary/aromatic N) is 4. The molecule has 1 amide bonds. The Balaban J connectivity index is 2.21. The van der Waals surface area contributed by atoms with E-state index in [4.69, 9.17) is 0 Å². The van der Waals surface area contributed by atoms with Crippen molar-refractivity contribution in [2.24, 2.45) is 0 Å². The first-order valence-electron chi connectivity index (χ1n) is 4.39. The lowest BCUT2D eigenvalue weighted by molar-refractivity contribution is 0.102. The van der Waals surface area contributed by atoms with Crippen molar-refractivity contribution in [3.63, 3.8) is 0 Å². The Labute approximate surface area is 95.1 Å². The standard InChI is InChI=1S/C8H8N6OS/c1-9-6-2-3-10-4-5(6)7(15)11-8-12-13-14-16-8/h2-4H,1H3,(H,9,10)(H,11,12,14,15). The maximum absolute atomic E-state index is 11.8. The number of pyridine rings is 1. The molecule has 8 heteroatoms. The Hall–Kier alpha value is -2.09. The number of carbonyl (C=O) groups is 1. The maximum Gasteiger partial charge on any atom is 0.261 e. The average molecular weight is 236 g/mol. The van der Waals surface area contributed by atoms with Gasteiger partial charge in [-0.25, -0.2) is 0 Å². The zero-order chi connectivity index (χ0) is 11.4. The fraction of sp³-hybridized carbons (Fsp3) is 0.125. The SMILES string of the molecule is CNc1ccncc1C(=O)Nc1nnns1. The monoisotopic (exact) mass is 236 g/mol. The average Bonchev–Trinajstić information content (AvgIpc) is 2.81. The molecule has 0 unspecified atom stereocenters. The summed E-state index contributed by atoms with van der Waals surface area (Å²) in [6.45, 7) is 0. The van der Waals surface area contributed by atoms with Crippen LogP contribution in [0.3, 0.4) is 0 Å². The number of rotatable bonds is 3. The van der Waals surface area contributed by atoms with Gasteiger partial charge in [0.2, 0.25) is 5.13 Å². The van der Waals surface area contributed by atoms with E-state index in [-0.39, 0.29) is 5.91 Å². The van der Waals surface area contributed by atoms with Gasteiger partial charge in [-0.1, -0.05) is 9.59 Å². The van der Waals surface area contributed by atoms with Gasteiger partial charge < -0.3 is 5.32 Å². The number of carbonyl (C=O) groups excluding carboxylic acids is 1. The molecule has 0 spiro atoms. The molecule has 2 aromatic rings. The molecule has 0 aliphatic rings. The van der Waals surface area contributed by atoms with Crippen LogP contribution in [-0.4, -0.2) is 32.7 Å². The van der Waals surface area contributed by atoms with Gasteiger partial charge in [-0.05, 0) is 11.3 Å². The van der Waals surface area contributed by atoms with E-state index in [1.807, 2.05) is 0 Å². The highest BCUT2D eigenvalue weighted by Gasteiger charge is 2.12. The first-order valence-corrected chi connectivity index (χ1v) is 5.16. The van der Waals surface area contributed by atoms with Crippen LogP contribution in [0.2, 0.25) is 0 Å². The van der Waals surface area contributed by atoms with Crippen LogP contribution < -0.4 is 10.6 Å². The molecule has 0 bridgehead atoms. The minimum absolute atomic E-state index is 0.295. The summed E-state index contributed by atoms with van der Waals surface area (Å²) in [4.78, 5) is 15.7. The summed E-state index contributed by atoms with van der Waals surface area (Å²) < 4.78 is 3.55. The Kier molecular flexibility index (Phi) is 3.01. The molecule has 0 radical (unpaired) electrons. The Morgan fingerprint density at radius 3 is 3.06 bits per heavy atom. The van der Waals surface area contributed by atoms with Gasteiger partial charge in [0.1, 0.15) is 0 Å². The number of anilines is 2. The molecule has 2 heterocycles. The van der Waals surface area contributed by atoms with Crippen molar-refractivity contribution < 1.29 is 4.79 Å². The van der Waals surface area contributed by atoms with Crippen molar-refractivity contribution in [1.29, 1.82) is 0 Å². The lowest BCUT2D eigenvalue weighted by Crippen LogP contribution is -2.14. The summed E-state index contributed by atoms with van der Waals surface area (Å²) >= 11 is 1.01. The molecule has 0 saturated heterocycles. The van der Waals surface area contributed by atoms with Crippen LogP contribution in [0, 0.1) is 0 Å². The van der Waals surface area contributed by atoms with Gasteiger partial charge in [-0.15, -0.1) is 0 Å².